The normalized spacial score (nSPS) is 16.5. The summed E-state index contributed by atoms with van der Waals surface area (Å²) in [6, 6.07) is 4.17. The molecule has 0 amide bonds. The van der Waals surface area contributed by atoms with Crippen LogP contribution in [0.4, 0.5) is 5.82 Å². The van der Waals surface area contributed by atoms with Crippen molar-refractivity contribution in [1.82, 2.24) is 15.0 Å². The summed E-state index contributed by atoms with van der Waals surface area (Å²) in [7, 11) is 2.14. The van der Waals surface area contributed by atoms with Crippen molar-refractivity contribution in [2.75, 3.05) is 25.5 Å². The Morgan fingerprint density at radius 1 is 1.27 bits per heavy atom. The molecular formula is C19H24N4O3. The van der Waals surface area contributed by atoms with Crippen LogP contribution in [0.15, 0.2) is 21.1 Å². The number of rotatable bonds is 4. The maximum Gasteiger partial charge on any atom is 0.176 e. The minimum absolute atomic E-state index is 0.136. The number of aliphatic hydroxyl groups is 1. The Bertz CT molecular complexity index is 903. The van der Waals surface area contributed by atoms with Crippen LogP contribution in [-0.2, 0) is 6.61 Å². The molecule has 0 atom stereocenters. The molecule has 2 N–H and O–H groups in total. The highest BCUT2D eigenvalue weighted by Crippen LogP contribution is 2.34. The van der Waals surface area contributed by atoms with Crippen molar-refractivity contribution in [3.63, 3.8) is 0 Å². The van der Waals surface area contributed by atoms with Gasteiger partial charge in [0.2, 0.25) is 0 Å². The molecule has 0 aromatic carbocycles. The fourth-order valence-corrected chi connectivity index (χ4v) is 3.60. The zero-order chi connectivity index (χ0) is 18.3. The van der Waals surface area contributed by atoms with Crippen LogP contribution in [0.25, 0.3) is 22.2 Å². The number of aryl methyl sites for hydroxylation is 2. The molecule has 0 saturated carbocycles. The number of hydrogen-bond donors (Lipinski definition) is 2. The monoisotopic (exact) mass is 356 g/mol. The number of fused-ring (bicyclic) bond motifs is 1. The molecule has 7 heteroatoms. The second-order valence-corrected chi connectivity index (χ2v) is 7.07. The first-order chi connectivity index (χ1) is 12.5. The first-order valence-corrected chi connectivity index (χ1v) is 8.98. The van der Waals surface area contributed by atoms with E-state index in [4.69, 9.17) is 13.9 Å². The summed E-state index contributed by atoms with van der Waals surface area (Å²) in [5.41, 5.74) is 3.20. The lowest BCUT2D eigenvalue weighted by molar-refractivity contribution is 0.251. The van der Waals surface area contributed by atoms with Crippen LogP contribution >= 0.6 is 0 Å². The van der Waals surface area contributed by atoms with Gasteiger partial charge < -0.3 is 24.3 Å². The zero-order valence-corrected chi connectivity index (χ0v) is 15.4. The van der Waals surface area contributed by atoms with Gasteiger partial charge in [-0.15, -0.1) is 0 Å². The fraction of sp³-hybridized carbons (Fsp3) is 0.474. The third-order valence-electron chi connectivity index (χ3n) is 5.06. The lowest BCUT2D eigenvalue weighted by Crippen LogP contribution is -2.36. The second-order valence-electron chi connectivity index (χ2n) is 7.07. The quantitative estimate of drug-likeness (QED) is 0.742. The van der Waals surface area contributed by atoms with E-state index >= 15 is 0 Å². The van der Waals surface area contributed by atoms with E-state index < -0.39 is 0 Å². The summed E-state index contributed by atoms with van der Waals surface area (Å²) in [5.74, 6) is 1.99. The van der Waals surface area contributed by atoms with E-state index in [1.165, 1.54) is 0 Å². The Kier molecular flexibility index (Phi) is 4.42. The van der Waals surface area contributed by atoms with Crippen LogP contribution in [0, 0.1) is 13.8 Å². The Morgan fingerprint density at radius 3 is 2.69 bits per heavy atom. The Morgan fingerprint density at radius 2 is 2.04 bits per heavy atom. The predicted octanol–water partition coefficient (Wildman–Crippen LogP) is 3.10. The van der Waals surface area contributed by atoms with Gasteiger partial charge in [-0.1, -0.05) is 5.16 Å². The maximum atomic E-state index is 9.46. The second kappa shape index (κ2) is 6.74. The molecule has 1 saturated heterocycles. The van der Waals surface area contributed by atoms with Crippen LogP contribution < -0.4 is 5.32 Å². The van der Waals surface area contributed by atoms with E-state index in [2.05, 4.69) is 22.4 Å². The van der Waals surface area contributed by atoms with Crippen molar-refractivity contribution < 1.29 is 14.0 Å². The molecule has 3 aromatic heterocycles. The van der Waals surface area contributed by atoms with Crippen molar-refractivity contribution in [2.45, 2.75) is 39.3 Å². The predicted molar refractivity (Wildman–Crippen MR) is 99.0 cm³/mol. The van der Waals surface area contributed by atoms with E-state index in [1.54, 1.807) is 0 Å². The molecule has 3 aromatic rings. The minimum atomic E-state index is -0.136. The van der Waals surface area contributed by atoms with Gasteiger partial charge in [0.1, 0.15) is 18.1 Å². The largest absolute Gasteiger partial charge is 0.455 e. The molecule has 138 valence electrons. The Hall–Kier alpha value is -2.38. The van der Waals surface area contributed by atoms with Crippen LogP contribution in [-0.4, -0.2) is 46.3 Å². The third-order valence-corrected chi connectivity index (χ3v) is 5.06. The van der Waals surface area contributed by atoms with Crippen LogP contribution in [0.2, 0.25) is 0 Å². The summed E-state index contributed by atoms with van der Waals surface area (Å²) in [4.78, 5) is 7.16. The zero-order valence-electron chi connectivity index (χ0n) is 15.4. The molecule has 0 bridgehead atoms. The number of nitrogens with one attached hydrogen (secondary N) is 1. The number of piperidine rings is 1. The van der Waals surface area contributed by atoms with Gasteiger partial charge in [-0.3, -0.25) is 0 Å². The molecule has 1 aliphatic rings. The first kappa shape index (κ1) is 17.1. The molecule has 1 fully saturated rings. The molecule has 7 nitrogen and oxygen atoms in total. The molecule has 26 heavy (non-hydrogen) atoms. The molecule has 0 spiro atoms. The highest BCUT2D eigenvalue weighted by Gasteiger charge is 2.22. The van der Waals surface area contributed by atoms with Gasteiger partial charge in [-0.25, -0.2) is 4.98 Å². The molecule has 0 unspecified atom stereocenters. The minimum Gasteiger partial charge on any atom is -0.455 e. The van der Waals surface area contributed by atoms with Crippen molar-refractivity contribution >= 4 is 16.8 Å². The Balaban J connectivity index is 1.77. The van der Waals surface area contributed by atoms with Gasteiger partial charge in [0, 0.05) is 11.4 Å². The lowest BCUT2D eigenvalue weighted by atomic mass is 10.1. The highest BCUT2D eigenvalue weighted by molar-refractivity contribution is 5.91. The maximum absolute atomic E-state index is 9.46. The molecule has 4 rings (SSSR count). The summed E-state index contributed by atoms with van der Waals surface area (Å²) >= 11 is 0. The standard InChI is InChI=1S/C19H24N4O3/c1-11-17(12(2)26-22-11)16-9-13-8-15(10-24)25-18(13)19(21-16)20-14-4-6-23(3)7-5-14/h8-9,14,24H,4-7,10H2,1-3H3,(H,20,21). The van der Waals surface area contributed by atoms with E-state index in [9.17, 15) is 5.11 Å². The van der Waals surface area contributed by atoms with Gasteiger partial charge in [-0.2, -0.15) is 0 Å². The number of anilines is 1. The highest BCUT2D eigenvalue weighted by atomic mass is 16.5. The van der Waals surface area contributed by atoms with E-state index in [1.807, 2.05) is 26.0 Å². The number of hydrogen-bond acceptors (Lipinski definition) is 7. The lowest BCUT2D eigenvalue weighted by Gasteiger charge is -2.29. The third kappa shape index (κ3) is 3.08. The van der Waals surface area contributed by atoms with Gasteiger partial charge in [0.15, 0.2) is 11.4 Å². The van der Waals surface area contributed by atoms with Crippen LogP contribution in [0.3, 0.4) is 0 Å². The van der Waals surface area contributed by atoms with Crippen molar-refractivity contribution in [2.24, 2.45) is 0 Å². The van der Waals surface area contributed by atoms with Crippen molar-refractivity contribution in [3.05, 3.63) is 29.3 Å². The molecule has 0 aliphatic carbocycles. The van der Waals surface area contributed by atoms with Crippen molar-refractivity contribution in [1.29, 1.82) is 0 Å². The van der Waals surface area contributed by atoms with Crippen LogP contribution in [0.1, 0.15) is 30.1 Å². The van der Waals surface area contributed by atoms with E-state index in [-0.39, 0.29) is 6.61 Å². The van der Waals surface area contributed by atoms with Crippen LogP contribution in [0.5, 0.6) is 0 Å². The summed E-state index contributed by atoms with van der Waals surface area (Å²) in [5, 5.41) is 18.0. The van der Waals surface area contributed by atoms with Gasteiger partial charge >= 0.3 is 0 Å². The summed E-state index contributed by atoms with van der Waals surface area (Å²) in [6.45, 7) is 5.79. The average molecular weight is 356 g/mol. The van der Waals surface area contributed by atoms with E-state index in [0.717, 1.165) is 54.0 Å². The first-order valence-electron chi connectivity index (χ1n) is 8.98. The number of aliphatic hydroxyl groups excluding tert-OH is 1. The fourth-order valence-electron chi connectivity index (χ4n) is 3.60. The van der Waals surface area contributed by atoms with Crippen molar-refractivity contribution in [3.8, 4) is 11.3 Å². The number of aromatic nitrogens is 2. The SMILES string of the molecule is Cc1noc(C)c1-c1cc2cc(CO)oc2c(NC2CCN(C)CC2)n1. The van der Waals surface area contributed by atoms with Gasteiger partial charge in [0.05, 0.1) is 17.0 Å². The topological polar surface area (TPSA) is 87.6 Å². The number of pyridine rings is 1. The number of likely N-dealkylation sites (tertiary alicyclic amines) is 1. The smallest absolute Gasteiger partial charge is 0.176 e. The molecule has 0 radical (unpaired) electrons. The molecular weight excluding hydrogens is 332 g/mol. The Labute approximate surface area is 152 Å². The van der Waals surface area contributed by atoms with Gasteiger partial charge in [-0.05, 0) is 59.0 Å². The number of nitrogens with zero attached hydrogens (tertiary/aromatic N) is 3. The summed E-state index contributed by atoms with van der Waals surface area (Å²) in [6.07, 6.45) is 2.12. The molecule has 1 aliphatic heterocycles. The van der Waals surface area contributed by atoms with E-state index in [0.29, 0.717) is 23.2 Å². The summed E-state index contributed by atoms with van der Waals surface area (Å²) < 4.78 is 11.1. The van der Waals surface area contributed by atoms with Gasteiger partial charge in [0.25, 0.3) is 0 Å². The number of furan rings is 1. The average Bonchev–Trinajstić information content (AvgIpc) is 3.19. The molecule has 4 heterocycles.